The quantitative estimate of drug-likeness (QED) is 0.0779. The SMILES string of the molecule is CNCC(=O)OCc1cccnc1N(C)C(=O)OC(C)[n+]1cnn(CC(O)(c2ccc(F)cc2F)C(C)n2ncn(-c3ccc(OCC(F)(F)C(F)F)cc3)c2=O)c1.Cl.[Cl-]. The predicted octanol–water partition coefficient (Wildman–Crippen LogP) is 1.10. The number of nitrogens with zero attached hydrogens (tertiary/aromatic N) is 8. The number of hydrogen-bond donors (Lipinski definition) is 2. The molecule has 0 aliphatic carbocycles. The molecule has 5 aromatic rings. The van der Waals surface area contributed by atoms with Crippen LogP contribution in [0.5, 0.6) is 5.75 Å². The Balaban J connectivity index is 0.00000480. The zero-order valence-corrected chi connectivity index (χ0v) is 33.7. The molecule has 3 unspecified atom stereocenters. The van der Waals surface area contributed by atoms with Gasteiger partial charge in [-0.15, -0.1) is 17.1 Å². The molecule has 0 radical (unpaired) electrons. The van der Waals surface area contributed by atoms with Crippen LogP contribution in [-0.4, -0.2) is 85.9 Å². The topological polar surface area (TPSA) is 172 Å². The maximum atomic E-state index is 15.4. The van der Waals surface area contributed by atoms with E-state index >= 15 is 4.39 Å². The van der Waals surface area contributed by atoms with Crippen LogP contribution in [0.4, 0.5) is 37.0 Å². The van der Waals surface area contributed by atoms with Crippen LogP contribution in [0.2, 0.25) is 0 Å². The van der Waals surface area contributed by atoms with Gasteiger partial charge in [-0.25, -0.2) is 41.4 Å². The summed E-state index contributed by atoms with van der Waals surface area (Å²) in [6.45, 7) is 0.542. The Labute approximate surface area is 350 Å². The van der Waals surface area contributed by atoms with Gasteiger partial charge in [-0.05, 0) is 50.4 Å². The van der Waals surface area contributed by atoms with Gasteiger partial charge in [0.15, 0.2) is 6.61 Å². The normalized spacial score (nSPS) is 13.3. The predicted molar refractivity (Wildman–Crippen MR) is 196 cm³/mol. The van der Waals surface area contributed by atoms with Crippen molar-refractivity contribution in [2.75, 3.05) is 32.1 Å². The molecule has 24 heteroatoms. The lowest BCUT2D eigenvalue weighted by atomic mass is 9.86. The first-order valence-electron chi connectivity index (χ1n) is 17.3. The van der Waals surface area contributed by atoms with Crippen molar-refractivity contribution < 1.29 is 72.2 Å². The second-order valence-electron chi connectivity index (χ2n) is 12.9. The monoisotopic (exact) mass is 893 g/mol. The molecule has 326 valence electrons. The number of anilines is 1. The summed E-state index contributed by atoms with van der Waals surface area (Å²) in [5, 5.41) is 23.2. The van der Waals surface area contributed by atoms with Crippen LogP contribution in [-0.2, 0) is 33.0 Å². The largest absolute Gasteiger partial charge is 1.00 e. The fourth-order valence-corrected chi connectivity index (χ4v) is 5.62. The van der Waals surface area contributed by atoms with Crippen LogP contribution in [0.25, 0.3) is 5.69 Å². The number of esters is 1. The number of carbonyl (C=O) groups excluding carboxylic acids is 2. The molecule has 0 spiro atoms. The maximum Gasteiger partial charge on any atom is 0.418 e. The lowest BCUT2D eigenvalue weighted by molar-refractivity contribution is -0.753. The number of likely N-dealkylation sites (N-methyl/N-ethyl adjacent to an activating group) is 1. The summed E-state index contributed by atoms with van der Waals surface area (Å²) in [6.07, 6.45) is -0.715. The van der Waals surface area contributed by atoms with Gasteiger partial charge in [0, 0.05) is 42.5 Å². The average Bonchev–Trinajstić information content (AvgIpc) is 3.82. The van der Waals surface area contributed by atoms with Crippen molar-refractivity contribution in [1.29, 1.82) is 0 Å². The van der Waals surface area contributed by atoms with E-state index in [1.54, 1.807) is 19.2 Å². The first kappa shape index (κ1) is 48.7. The van der Waals surface area contributed by atoms with Gasteiger partial charge in [-0.1, -0.05) is 12.1 Å². The standard InChI is InChI=1S/C36H38F6N9O7.2ClH/c1-22(51-33(53)50(20-46-51)26-8-10-27(11-9-26)57-18-36(41,42)32(39)40)35(55,28-12-7-25(37)14-29(28)38)17-49-21-48(19-45-49)23(2)58-34(54)47(4)31-24(6-5-13-44-31)16-56-30(52)15-43-3;;/h5-14,19-23,32,43,55H,15-18H2,1-4H3;2*1H/q+1;;/p-1. The number of benzene rings is 2. The van der Waals surface area contributed by atoms with Crippen LogP contribution >= 0.6 is 12.4 Å². The summed E-state index contributed by atoms with van der Waals surface area (Å²) in [7, 11) is 2.99. The Bertz CT molecular complexity index is 2280. The molecule has 0 aliphatic heterocycles. The Morgan fingerprint density at radius 1 is 1.07 bits per heavy atom. The van der Waals surface area contributed by atoms with Crippen molar-refractivity contribution in [2.45, 2.75) is 57.2 Å². The molecular formula is C36H39Cl2F6N9O7. The van der Waals surface area contributed by atoms with E-state index in [4.69, 9.17) is 14.2 Å². The van der Waals surface area contributed by atoms with Crippen molar-refractivity contribution >= 4 is 30.3 Å². The fourth-order valence-electron chi connectivity index (χ4n) is 5.62. The van der Waals surface area contributed by atoms with Crippen LogP contribution in [0.3, 0.4) is 0 Å². The fraction of sp³-hybridized carbons (Fsp3) is 0.361. The molecule has 16 nitrogen and oxygen atoms in total. The van der Waals surface area contributed by atoms with Gasteiger partial charge < -0.3 is 37.0 Å². The number of carbonyl (C=O) groups is 2. The number of alkyl halides is 4. The van der Waals surface area contributed by atoms with Gasteiger partial charge in [0.05, 0.1) is 18.3 Å². The summed E-state index contributed by atoms with van der Waals surface area (Å²) >= 11 is 0. The zero-order chi connectivity index (χ0) is 42.4. The van der Waals surface area contributed by atoms with Gasteiger partial charge in [0.2, 0.25) is 12.6 Å². The molecule has 0 saturated carbocycles. The molecule has 5 rings (SSSR count). The van der Waals surface area contributed by atoms with Crippen molar-refractivity contribution in [1.82, 2.24) is 34.4 Å². The van der Waals surface area contributed by atoms with Crippen LogP contribution < -0.4 is 37.6 Å². The molecule has 0 fully saturated rings. The third-order valence-electron chi connectivity index (χ3n) is 8.88. The van der Waals surface area contributed by atoms with Gasteiger partial charge in [-0.3, -0.25) is 9.69 Å². The van der Waals surface area contributed by atoms with Crippen LogP contribution in [0.1, 0.15) is 37.2 Å². The van der Waals surface area contributed by atoms with Crippen molar-refractivity contribution in [3.05, 3.63) is 113 Å². The lowest BCUT2D eigenvalue weighted by Gasteiger charge is -2.32. The Kier molecular flexibility index (Phi) is 16.6. The first-order valence-corrected chi connectivity index (χ1v) is 17.3. The van der Waals surface area contributed by atoms with Gasteiger partial charge >= 0.3 is 30.1 Å². The van der Waals surface area contributed by atoms with Gasteiger partial charge in [0.25, 0.3) is 6.33 Å². The summed E-state index contributed by atoms with van der Waals surface area (Å²) in [5.41, 5.74) is -3.06. The molecule has 0 aliphatic rings. The first-order chi connectivity index (χ1) is 27.4. The third-order valence-corrected chi connectivity index (χ3v) is 8.88. The van der Waals surface area contributed by atoms with Gasteiger partial charge in [-0.2, -0.15) is 18.4 Å². The third kappa shape index (κ3) is 11.1. The number of aromatic nitrogens is 7. The molecule has 3 atom stereocenters. The number of nitrogens with one attached hydrogen (secondary N) is 1. The van der Waals surface area contributed by atoms with E-state index in [9.17, 15) is 41.4 Å². The highest BCUT2D eigenvalue weighted by atomic mass is 35.5. The summed E-state index contributed by atoms with van der Waals surface area (Å²) in [4.78, 5) is 44.0. The number of ether oxygens (including phenoxy) is 3. The van der Waals surface area contributed by atoms with Crippen molar-refractivity contribution in [3.63, 3.8) is 0 Å². The Hall–Kier alpha value is -5.71. The highest BCUT2D eigenvalue weighted by Crippen LogP contribution is 2.36. The van der Waals surface area contributed by atoms with Crippen LogP contribution in [0, 0.1) is 11.6 Å². The number of hydrogen-bond acceptors (Lipinski definition) is 11. The summed E-state index contributed by atoms with van der Waals surface area (Å²) < 4.78 is 101. The second kappa shape index (κ2) is 20.5. The number of halogens is 8. The second-order valence-corrected chi connectivity index (χ2v) is 12.9. The molecule has 0 bridgehead atoms. The minimum Gasteiger partial charge on any atom is -1.00 e. The molecule has 0 saturated heterocycles. The molecule has 1 amide bonds. The molecular weight excluding hydrogens is 855 g/mol. The highest BCUT2D eigenvalue weighted by Gasteiger charge is 2.44. The van der Waals surface area contributed by atoms with Gasteiger partial charge in [0.1, 0.15) is 48.3 Å². The highest BCUT2D eigenvalue weighted by molar-refractivity contribution is 5.86. The smallest absolute Gasteiger partial charge is 0.418 e. The van der Waals surface area contributed by atoms with E-state index in [0.29, 0.717) is 11.6 Å². The number of aliphatic hydroxyl groups is 1. The van der Waals surface area contributed by atoms with Crippen molar-refractivity contribution in [2.24, 2.45) is 0 Å². The minimum absolute atomic E-state index is 0. The van der Waals surface area contributed by atoms with E-state index in [-0.39, 0.29) is 55.2 Å². The minimum atomic E-state index is -4.38. The lowest BCUT2D eigenvalue weighted by Crippen LogP contribution is -3.00. The molecule has 2 aromatic carbocycles. The number of pyridine rings is 1. The Morgan fingerprint density at radius 2 is 1.77 bits per heavy atom. The number of amides is 1. The summed E-state index contributed by atoms with van der Waals surface area (Å²) in [6, 6.07) is 9.19. The average molecular weight is 895 g/mol. The van der Waals surface area contributed by atoms with E-state index in [1.807, 2.05) is 0 Å². The van der Waals surface area contributed by atoms with E-state index in [0.717, 1.165) is 32.6 Å². The molecule has 2 N–H and O–H groups in total. The molecule has 60 heavy (non-hydrogen) atoms. The number of rotatable bonds is 17. The van der Waals surface area contributed by atoms with E-state index in [1.165, 1.54) is 73.3 Å². The van der Waals surface area contributed by atoms with Crippen LogP contribution in [0.15, 0.2) is 84.6 Å². The molecule has 3 heterocycles. The van der Waals surface area contributed by atoms with Crippen molar-refractivity contribution in [3.8, 4) is 11.4 Å². The molecule has 3 aromatic heterocycles. The zero-order valence-electron chi connectivity index (χ0n) is 32.1. The maximum absolute atomic E-state index is 15.4. The summed E-state index contributed by atoms with van der Waals surface area (Å²) in [5.74, 6) is -7.01. The Morgan fingerprint density at radius 3 is 2.42 bits per heavy atom. The van der Waals surface area contributed by atoms with E-state index < -0.39 is 78.3 Å². The van der Waals surface area contributed by atoms with E-state index in [2.05, 4.69) is 20.5 Å².